The molecule has 0 aromatic heterocycles. The lowest BCUT2D eigenvalue weighted by Gasteiger charge is -2.03. The van der Waals surface area contributed by atoms with Crippen LogP contribution in [-0.2, 0) is 9.47 Å². The van der Waals surface area contributed by atoms with Crippen LogP contribution in [0.1, 0.15) is 10.4 Å². The van der Waals surface area contributed by atoms with Gasteiger partial charge in [-0.1, -0.05) is 12.1 Å². The SMILES string of the molecule is COC(=CC(=O)c1ccccc1[N+](=O)[O-])OC. The summed E-state index contributed by atoms with van der Waals surface area (Å²) in [6.45, 7) is 0. The Morgan fingerprint density at radius 3 is 2.41 bits per heavy atom. The van der Waals surface area contributed by atoms with E-state index in [0.29, 0.717) is 0 Å². The summed E-state index contributed by atoms with van der Waals surface area (Å²) in [5.74, 6) is -0.552. The first-order valence-electron chi connectivity index (χ1n) is 4.67. The van der Waals surface area contributed by atoms with Crippen molar-refractivity contribution < 1.29 is 19.2 Å². The number of nitrogens with zero attached hydrogens (tertiary/aromatic N) is 1. The fourth-order valence-corrected chi connectivity index (χ4v) is 1.23. The quantitative estimate of drug-likeness (QED) is 0.257. The Hall–Kier alpha value is -2.37. The summed E-state index contributed by atoms with van der Waals surface area (Å²) in [4.78, 5) is 21.9. The minimum absolute atomic E-state index is 0.00634. The molecule has 1 aromatic rings. The molecular weight excluding hydrogens is 226 g/mol. The number of hydrogen-bond acceptors (Lipinski definition) is 5. The first-order chi connectivity index (χ1) is 8.10. The summed E-state index contributed by atoms with van der Waals surface area (Å²) in [6.07, 6.45) is 1.06. The van der Waals surface area contributed by atoms with Gasteiger partial charge in [0.05, 0.1) is 30.8 Å². The molecule has 0 N–H and O–H groups in total. The van der Waals surface area contributed by atoms with Crippen molar-refractivity contribution in [2.75, 3.05) is 14.2 Å². The molecule has 1 rings (SSSR count). The molecule has 0 saturated carbocycles. The highest BCUT2D eigenvalue weighted by Crippen LogP contribution is 2.19. The van der Waals surface area contributed by atoms with E-state index >= 15 is 0 Å². The van der Waals surface area contributed by atoms with Crippen molar-refractivity contribution in [3.8, 4) is 0 Å². The highest BCUT2D eigenvalue weighted by atomic mass is 16.7. The predicted molar refractivity (Wildman–Crippen MR) is 59.5 cm³/mol. The molecule has 0 saturated heterocycles. The number of allylic oxidation sites excluding steroid dienone is 1. The number of ether oxygens (including phenoxy) is 2. The van der Waals surface area contributed by atoms with Crippen molar-refractivity contribution in [1.82, 2.24) is 0 Å². The van der Waals surface area contributed by atoms with E-state index in [-0.39, 0.29) is 17.2 Å². The van der Waals surface area contributed by atoms with Gasteiger partial charge in [-0.3, -0.25) is 14.9 Å². The Morgan fingerprint density at radius 1 is 1.29 bits per heavy atom. The lowest BCUT2D eigenvalue weighted by molar-refractivity contribution is -0.385. The minimum Gasteiger partial charge on any atom is -0.469 e. The van der Waals surface area contributed by atoms with E-state index in [9.17, 15) is 14.9 Å². The number of benzene rings is 1. The summed E-state index contributed by atoms with van der Waals surface area (Å²) >= 11 is 0. The minimum atomic E-state index is -0.611. The molecule has 0 aliphatic heterocycles. The number of carbonyl (C=O) groups excluding carboxylic acids is 1. The van der Waals surface area contributed by atoms with E-state index in [0.717, 1.165) is 6.08 Å². The van der Waals surface area contributed by atoms with Crippen LogP contribution in [0.3, 0.4) is 0 Å². The van der Waals surface area contributed by atoms with Crippen LogP contribution in [0, 0.1) is 10.1 Å². The maximum atomic E-state index is 11.8. The molecule has 90 valence electrons. The van der Waals surface area contributed by atoms with Gasteiger partial charge in [0.25, 0.3) is 11.6 Å². The third-order valence-corrected chi connectivity index (χ3v) is 2.02. The first kappa shape index (κ1) is 12.7. The second kappa shape index (κ2) is 5.64. The lowest BCUT2D eigenvalue weighted by Crippen LogP contribution is -2.03. The molecule has 0 aliphatic carbocycles. The average Bonchev–Trinajstić information content (AvgIpc) is 2.35. The van der Waals surface area contributed by atoms with Gasteiger partial charge in [-0.2, -0.15) is 0 Å². The maximum absolute atomic E-state index is 11.8. The monoisotopic (exact) mass is 237 g/mol. The van der Waals surface area contributed by atoms with Crippen molar-refractivity contribution in [3.05, 3.63) is 52.0 Å². The molecule has 1 aromatic carbocycles. The predicted octanol–water partition coefficient (Wildman–Crippen LogP) is 1.91. The van der Waals surface area contributed by atoms with Crippen molar-refractivity contribution >= 4 is 11.5 Å². The van der Waals surface area contributed by atoms with Gasteiger partial charge in [0, 0.05) is 6.07 Å². The smallest absolute Gasteiger partial charge is 0.282 e. The van der Waals surface area contributed by atoms with Crippen molar-refractivity contribution in [3.63, 3.8) is 0 Å². The van der Waals surface area contributed by atoms with Gasteiger partial charge in [-0.25, -0.2) is 0 Å². The van der Waals surface area contributed by atoms with E-state index in [1.54, 1.807) is 6.07 Å². The Labute approximate surface area is 97.6 Å². The molecule has 0 spiro atoms. The fourth-order valence-electron chi connectivity index (χ4n) is 1.23. The average molecular weight is 237 g/mol. The van der Waals surface area contributed by atoms with Gasteiger partial charge in [0.15, 0.2) is 5.78 Å². The Morgan fingerprint density at radius 2 is 1.88 bits per heavy atom. The molecule has 6 heteroatoms. The molecule has 0 fully saturated rings. The largest absolute Gasteiger partial charge is 0.469 e. The normalized spacial score (nSPS) is 9.29. The van der Waals surface area contributed by atoms with Crippen LogP contribution in [-0.4, -0.2) is 24.9 Å². The number of ketones is 1. The van der Waals surface area contributed by atoms with Gasteiger partial charge < -0.3 is 9.47 Å². The number of nitro groups is 1. The molecule has 17 heavy (non-hydrogen) atoms. The third kappa shape index (κ3) is 3.04. The number of carbonyl (C=O) groups is 1. The second-order valence-corrected chi connectivity index (χ2v) is 3.01. The van der Waals surface area contributed by atoms with Crippen molar-refractivity contribution in [2.45, 2.75) is 0 Å². The zero-order chi connectivity index (χ0) is 12.8. The van der Waals surface area contributed by atoms with Gasteiger partial charge in [-0.05, 0) is 6.07 Å². The Bertz CT molecular complexity index is 461. The van der Waals surface area contributed by atoms with E-state index in [2.05, 4.69) is 0 Å². The standard InChI is InChI=1S/C11H11NO5/c1-16-11(17-2)7-10(13)8-5-3-4-6-9(8)12(14)15/h3-7H,1-2H3. The second-order valence-electron chi connectivity index (χ2n) is 3.01. The summed E-state index contributed by atoms with van der Waals surface area (Å²) in [6, 6.07) is 5.68. The van der Waals surface area contributed by atoms with Crippen molar-refractivity contribution in [1.29, 1.82) is 0 Å². The van der Waals surface area contributed by atoms with Crippen molar-refractivity contribution in [2.24, 2.45) is 0 Å². The molecule has 0 atom stereocenters. The lowest BCUT2D eigenvalue weighted by atomic mass is 10.1. The highest BCUT2D eigenvalue weighted by molar-refractivity contribution is 6.07. The zero-order valence-corrected chi connectivity index (χ0v) is 9.38. The fraction of sp³-hybridized carbons (Fsp3) is 0.182. The van der Waals surface area contributed by atoms with Crippen LogP contribution >= 0.6 is 0 Å². The van der Waals surface area contributed by atoms with Crippen LogP contribution in [0.2, 0.25) is 0 Å². The molecule has 6 nitrogen and oxygen atoms in total. The molecular formula is C11H11NO5. The number of nitro benzene ring substituents is 1. The van der Waals surface area contributed by atoms with Crippen LogP contribution < -0.4 is 0 Å². The third-order valence-electron chi connectivity index (χ3n) is 2.02. The summed E-state index contributed by atoms with van der Waals surface area (Å²) in [5, 5.41) is 10.7. The van der Waals surface area contributed by atoms with E-state index < -0.39 is 10.7 Å². The van der Waals surface area contributed by atoms with Gasteiger partial charge in [0.1, 0.15) is 0 Å². The van der Waals surface area contributed by atoms with Gasteiger partial charge in [-0.15, -0.1) is 0 Å². The molecule has 0 amide bonds. The molecule has 0 radical (unpaired) electrons. The van der Waals surface area contributed by atoms with Gasteiger partial charge >= 0.3 is 0 Å². The molecule has 0 heterocycles. The van der Waals surface area contributed by atoms with Gasteiger partial charge in [0.2, 0.25) is 0 Å². The van der Waals surface area contributed by atoms with E-state index in [1.807, 2.05) is 0 Å². The van der Waals surface area contributed by atoms with E-state index in [4.69, 9.17) is 9.47 Å². The van der Waals surface area contributed by atoms with E-state index in [1.165, 1.54) is 32.4 Å². The topological polar surface area (TPSA) is 78.7 Å². The highest BCUT2D eigenvalue weighted by Gasteiger charge is 2.18. The summed E-state index contributed by atoms with van der Waals surface area (Å²) < 4.78 is 9.48. The number of rotatable bonds is 5. The molecule has 0 aliphatic rings. The van der Waals surface area contributed by atoms with Crippen LogP contribution in [0.5, 0.6) is 0 Å². The van der Waals surface area contributed by atoms with Crippen LogP contribution in [0.4, 0.5) is 5.69 Å². The Balaban J connectivity index is 3.13. The summed E-state index contributed by atoms with van der Waals surface area (Å²) in [7, 11) is 2.67. The Kier molecular flexibility index (Phi) is 4.21. The number of methoxy groups -OCH3 is 2. The zero-order valence-electron chi connectivity index (χ0n) is 9.38. The maximum Gasteiger partial charge on any atom is 0.282 e. The molecule has 0 unspecified atom stereocenters. The first-order valence-corrected chi connectivity index (χ1v) is 4.67. The van der Waals surface area contributed by atoms with Crippen LogP contribution in [0.15, 0.2) is 36.3 Å². The number of hydrogen-bond donors (Lipinski definition) is 0. The van der Waals surface area contributed by atoms with Crippen LogP contribution in [0.25, 0.3) is 0 Å². The number of para-hydroxylation sites is 1. The summed E-state index contributed by atoms with van der Waals surface area (Å²) in [5.41, 5.74) is -0.260. The molecule has 0 bridgehead atoms.